The van der Waals surface area contributed by atoms with E-state index in [-0.39, 0.29) is 0 Å². The third-order valence-corrected chi connectivity index (χ3v) is 4.24. The summed E-state index contributed by atoms with van der Waals surface area (Å²) in [4.78, 5) is 4.56. The van der Waals surface area contributed by atoms with E-state index in [2.05, 4.69) is 51.2 Å². The molecule has 0 unspecified atom stereocenters. The number of nitrogens with zero attached hydrogens (tertiary/aromatic N) is 3. The fourth-order valence-corrected chi connectivity index (χ4v) is 2.29. The maximum atomic E-state index is 4.56. The van der Waals surface area contributed by atoms with Gasteiger partial charge in [0.15, 0.2) is 5.82 Å². The van der Waals surface area contributed by atoms with Gasteiger partial charge in [0.05, 0.1) is 15.9 Å². The first-order chi connectivity index (χ1) is 9.04. The minimum atomic E-state index is 0.853. The highest BCUT2D eigenvalue weighted by Crippen LogP contribution is 2.23. The molecule has 2 rings (SSSR count). The van der Waals surface area contributed by atoms with Crippen molar-refractivity contribution in [2.24, 2.45) is 0 Å². The van der Waals surface area contributed by atoms with Crippen molar-refractivity contribution in [3.63, 3.8) is 0 Å². The van der Waals surface area contributed by atoms with Crippen LogP contribution in [-0.4, -0.2) is 21.3 Å². The van der Waals surface area contributed by atoms with Gasteiger partial charge in [-0.25, -0.2) is 9.67 Å². The second kappa shape index (κ2) is 5.84. The molecule has 1 N–H and O–H groups in total. The fraction of sp³-hybridized carbons (Fsp3) is 0.429. The molecule has 0 amide bonds. The van der Waals surface area contributed by atoms with Crippen molar-refractivity contribution < 1.29 is 0 Å². The SMILES string of the molecule is CCNCc1cnc(-n2nc(C)c(Br)c2C)c(C)c1. The molecule has 0 aromatic carbocycles. The summed E-state index contributed by atoms with van der Waals surface area (Å²) in [5.74, 6) is 0.895. The van der Waals surface area contributed by atoms with Crippen LogP contribution in [0.5, 0.6) is 0 Å². The van der Waals surface area contributed by atoms with Gasteiger partial charge < -0.3 is 5.32 Å². The van der Waals surface area contributed by atoms with Gasteiger partial charge in [-0.1, -0.05) is 6.92 Å². The summed E-state index contributed by atoms with van der Waals surface area (Å²) < 4.78 is 2.94. The molecule has 0 aliphatic rings. The summed E-state index contributed by atoms with van der Waals surface area (Å²) in [5, 5.41) is 7.83. The first-order valence-corrected chi connectivity index (χ1v) is 7.22. The fourth-order valence-electron chi connectivity index (χ4n) is 2.04. The summed E-state index contributed by atoms with van der Waals surface area (Å²) in [6, 6.07) is 2.16. The molecule has 0 atom stereocenters. The van der Waals surface area contributed by atoms with Crippen LogP contribution in [0.2, 0.25) is 0 Å². The van der Waals surface area contributed by atoms with E-state index < -0.39 is 0 Å². The highest BCUT2D eigenvalue weighted by molar-refractivity contribution is 9.10. The monoisotopic (exact) mass is 322 g/mol. The summed E-state index contributed by atoms with van der Waals surface area (Å²) in [6.07, 6.45) is 1.91. The van der Waals surface area contributed by atoms with Crippen molar-refractivity contribution in [2.75, 3.05) is 6.54 Å². The van der Waals surface area contributed by atoms with Crippen molar-refractivity contribution in [3.8, 4) is 5.82 Å². The Morgan fingerprint density at radius 2 is 2.05 bits per heavy atom. The van der Waals surface area contributed by atoms with Crippen LogP contribution in [0.15, 0.2) is 16.7 Å². The van der Waals surface area contributed by atoms with Crippen LogP contribution in [-0.2, 0) is 6.54 Å². The van der Waals surface area contributed by atoms with Gasteiger partial charge in [-0.3, -0.25) is 0 Å². The zero-order chi connectivity index (χ0) is 14.0. The molecule has 0 saturated carbocycles. The van der Waals surface area contributed by atoms with Crippen LogP contribution >= 0.6 is 15.9 Å². The van der Waals surface area contributed by atoms with Crippen molar-refractivity contribution in [2.45, 2.75) is 34.2 Å². The summed E-state index contributed by atoms with van der Waals surface area (Å²) in [6.45, 7) is 10.0. The molecule has 0 aliphatic carbocycles. The van der Waals surface area contributed by atoms with Crippen molar-refractivity contribution in [3.05, 3.63) is 39.3 Å². The molecular weight excluding hydrogens is 304 g/mol. The van der Waals surface area contributed by atoms with Crippen LogP contribution in [0.4, 0.5) is 0 Å². The van der Waals surface area contributed by atoms with Crippen LogP contribution in [0.25, 0.3) is 5.82 Å². The lowest BCUT2D eigenvalue weighted by Crippen LogP contribution is -2.13. The van der Waals surface area contributed by atoms with Crippen LogP contribution in [0.1, 0.15) is 29.4 Å². The van der Waals surface area contributed by atoms with E-state index in [1.165, 1.54) is 5.56 Å². The lowest BCUT2D eigenvalue weighted by atomic mass is 10.2. The summed E-state index contributed by atoms with van der Waals surface area (Å²) in [5.41, 5.74) is 4.39. The van der Waals surface area contributed by atoms with E-state index in [4.69, 9.17) is 0 Å². The third kappa shape index (κ3) is 2.87. The summed E-state index contributed by atoms with van der Waals surface area (Å²) >= 11 is 3.55. The Hall–Kier alpha value is -1.20. The number of hydrogen-bond acceptors (Lipinski definition) is 3. The predicted molar refractivity (Wildman–Crippen MR) is 80.7 cm³/mol. The van der Waals surface area contributed by atoms with Crippen molar-refractivity contribution in [1.29, 1.82) is 0 Å². The number of halogens is 1. The van der Waals surface area contributed by atoms with Crippen molar-refractivity contribution in [1.82, 2.24) is 20.1 Å². The Kier molecular flexibility index (Phi) is 4.37. The Labute approximate surface area is 122 Å². The Balaban J connectivity index is 2.37. The average Bonchev–Trinajstić information content (AvgIpc) is 2.64. The molecule has 0 fully saturated rings. The topological polar surface area (TPSA) is 42.7 Å². The van der Waals surface area contributed by atoms with E-state index in [0.717, 1.165) is 40.3 Å². The van der Waals surface area contributed by atoms with Gasteiger partial charge in [0.25, 0.3) is 0 Å². The number of pyridine rings is 1. The molecule has 2 aromatic heterocycles. The second-order valence-electron chi connectivity index (χ2n) is 4.66. The van der Waals surface area contributed by atoms with E-state index in [9.17, 15) is 0 Å². The number of aryl methyl sites for hydroxylation is 2. The van der Waals surface area contributed by atoms with Gasteiger partial charge in [-0.2, -0.15) is 5.10 Å². The first-order valence-electron chi connectivity index (χ1n) is 6.43. The number of rotatable bonds is 4. The van der Waals surface area contributed by atoms with Gasteiger partial charge in [0, 0.05) is 12.7 Å². The molecule has 4 nitrogen and oxygen atoms in total. The molecular formula is C14H19BrN4. The Morgan fingerprint density at radius 1 is 1.32 bits per heavy atom. The van der Waals surface area contributed by atoms with Crippen LogP contribution in [0.3, 0.4) is 0 Å². The summed E-state index contributed by atoms with van der Waals surface area (Å²) in [7, 11) is 0. The molecule has 102 valence electrons. The van der Waals surface area contributed by atoms with Crippen molar-refractivity contribution >= 4 is 15.9 Å². The molecule has 2 heterocycles. The third-order valence-electron chi connectivity index (χ3n) is 3.09. The molecule has 19 heavy (non-hydrogen) atoms. The average molecular weight is 323 g/mol. The molecule has 0 radical (unpaired) electrons. The largest absolute Gasteiger partial charge is 0.313 e. The minimum Gasteiger partial charge on any atom is -0.313 e. The Bertz CT molecular complexity index is 589. The maximum Gasteiger partial charge on any atom is 0.156 e. The highest BCUT2D eigenvalue weighted by Gasteiger charge is 2.13. The highest BCUT2D eigenvalue weighted by atomic mass is 79.9. The number of nitrogens with one attached hydrogen (secondary N) is 1. The zero-order valence-electron chi connectivity index (χ0n) is 11.8. The zero-order valence-corrected chi connectivity index (χ0v) is 13.4. The second-order valence-corrected chi connectivity index (χ2v) is 5.45. The van der Waals surface area contributed by atoms with E-state index >= 15 is 0 Å². The van der Waals surface area contributed by atoms with E-state index in [1.54, 1.807) is 0 Å². The quantitative estimate of drug-likeness (QED) is 0.940. The molecule has 0 aliphatic heterocycles. The van der Waals surface area contributed by atoms with Gasteiger partial charge in [0.1, 0.15) is 0 Å². The Morgan fingerprint density at radius 3 is 2.58 bits per heavy atom. The molecule has 2 aromatic rings. The molecule has 0 bridgehead atoms. The van der Waals surface area contributed by atoms with E-state index in [1.807, 2.05) is 24.7 Å². The van der Waals surface area contributed by atoms with Crippen LogP contribution < -0.4 is 5.32 Å². The molecule has 5 heteroatoms. The standard InChI is InChI=1S/C14H19BrN4/c1-5-16-7-12-6-9(2)14(17-8-12)19-11(4)13(15)10(3)18-19/h6,8,16H,5,7H2,1-4H3. The lowest BCUT2D eigenvalue weighted by Gasteiger charge is -2.09. The number of aromatic nitrogens is 3. The molecule has 0 saturated heterocycles. The predicted octanol–water partition coefficient (Wildman–Crippen LogP) is 3.06. The van der Waals surface area contributed by atoms with Gasteiger partial charge >= 0.3 is 0 Å². The minimum absolute atomic E-state index is 0.853. The van der Waals surface area contributed by atoms with Gasteiger partial charge in [0.2, 0.25) is 0 Å². The number of hydrogen-bond donors (Lipinski definition) is 1. The van der Waals surface area contributed by atoms with E-state index in [0.29, 0.717) is 0 Å². The molecule has 0 spiro atoms. The van der Waals surface area contributed by atoms with Gasteiger partial charge in [-0.15, -0.1) is 0 Å². The first kappa shape index (κ1) is 14.2. The smallest absolute Gasteiger partial charge is 0.156 e. The maximum absolute atomic E-state index is 4.56. The van der Waals surface area contributed by atoms with Gasteiger partial charge in [-0.05, 0) is 60.4 Å². The van der Waals surface area contributed by atoms with Crippen LogP contribution in [0, 0.1) is 20.8 Å². The normalized spacial score (nSPS) is 11.0. The lowest BCUT2D eigenvalue weighted by molar-refractivity contribution is 0.720.